The van der Waals surface area contributed by atoms with Crippen molar-refractivity contribution >= 4 is 41.3 Å². The number of sulfonamides is 1. The van der Waals surface area contributed by atoms with Gasteiger partial charge in [0, 0.05) is 23.6 Å². The number of nitrogens with zero attached hydrogens (tertiary/aromatic N) is 3. The molecule has 1 fully saturated rings. The third-order valence-corrected chi connectivity index (χ3v) is 14.3. The fraction of sp³-hybridized carbons (Fsp3) is 0.483. The fourth-order valence-electron chi connectivity index (χ4n) is 5.74. The van der Waals surface area contributed by atoms with Crippen molar-refractivity contribution in [3.63, 3.8) is 0 Å². The van der Waals surface area contributed by atoms with E-state index in [1.165, 1.54) is 11.1 Å². The van der Waals surface area contributed by atoms with Crippen LogP contribution in [0.5, 0.6) is 0 Å². The van der Waals surface area contributed by atoms with Gasteiger partial charge in [-0.3, -0.25) is 0 Å². The van der Waals surface area contributed by atoms with Crippen LogP contribution in [0.15, 0.2) is 54.3 Å². The van der Waals surface area contributed by atoms with Crippen LogP contribution in [0.3, 0.4) is 0 Å². The van der Waals surface area contributed by atoms with Crippen LogP contribution in [0, 0.1) is 5.92 Å². The number of amides is 1. The summed E-state index contributed by atoms with van der Waals surface area (Å²) in [6.45, 7) is 10.9. The van der Waals surface area contributed by atoms with Crippen LogP contribution < -0.4 is 10.0 Å². The molecular weight excluding hydrogens is 559 g/mol. The van der Waals surface area contributed by atoms with Gasteiger partial charge in [0.15, 0.2) is 8.32 Å². The first kappa shape index (κ1) is 29.3. The molecule has 5 rings (SSSR count). The van der Waals surface area contributed by atoms with Gasteiger partial charge in [-0.2, -0.15) is 0 Å². The van der Waals surface area contributed by atoms with Crippen LogP contribution in [0.1, 0.15) is 63.2 Å². The van der Waals surface area contributed by atoms with Gasteiger partial charge in [-0.25, -0.2) is 27.9 Å². The number of carboxylic acid groups (broad SMARTS) is 1. The second-order valence-electron chi connectivity index (χ2n) is 12.6. The highest BCUT2D eigenvalue weighted by Gasteiger charge is 2.44. The van der Waals surface area contributed by atoms with Crippen molar-refractivity contribution in [2.45, 2.75) is 82.8 Å². The topological polar surface area (TPSA) is 135 Å². The molecule has 3 aromatic rings. The molecule has 2 aliphatic rings. The molecule has 0 radical (unpaired) electrons. The molecular formula is C29H39N5O5SSi. The molecule has 1 saturated carbocycles. The highest BCUT2D eigenvalue weighted by atomic mass is 32.2. The van der Waals surface area contributed by atoms with E-state index in [1.54, 1.807) is 17.1 Å². The Kier molecular flexibility index (Phi) is 7.77. The summed E-state index contributed by atoms with van der Waals surface area (Å²) in [6.07, 6.45) is 6.71. The van der Waals surface area contributed by atoms with Crippen molar-refractivity contribution in [3.8, 4) is 0 Å². The largest absolute Gasteiger partial charge is 0.464 e. The highest BCUT2D eigenvalue weighted by molar-refractivity contribution is 7.92. The molecule has 2 aromatic heterocycles. The zero-order valence-corrected chi connectivity index (χ0v) is 26.0. The van der Waals surface area contributed by atoms with Crippen molar-refractivity contribution in [1.82, 2.24) is 19.3 Å². The lowest BCUT2D eigenvalue weighted by atomic mass is 10.1. The lowest BCUT2D eigenvalue weighted by Crippen LogP contribution is -2.44. The number of aryl methyl sites for hydroxylation is 1. The van der Waals surface area contributed by atoms with Crippen LogP contribution >= 0.6 is 0 Å². The molecule has 0 spiro atoms. The van der Waals surface area contributed by atoms with Crippen LogP contribution in [-0.2, 0) is 20.9 Å². The summed E-state index contributed by atoms with van der Waals surface area (Å²) in [6, 6.07) is 10.7. The van der Waals surface area contributed by atoms with E-state index in [-0.39, 0.29) is 29.1 Å². The number of hydrogen-bond donors (Lipinski definition) is 3. The van der Waals surface area contributed by atoms with E-state index in [4.69, 9.17) is 9.53 Å². The minimum absolute atomic E-state index is 0.0158. The number of aromatic nitrogens is 3. The van der Waals surface area contributed by atoms with Gasteiger partial charge in [0.05, 0.1) is 17.5 Å². The Labute approximate surface area is 242 Å². The van der Waals surface area contributed by atoms with Gasteiger partial charge in [-0.1, -0.05) is 51.1 Å². The SMILES string of the molecule is CC(C)(C)[Si](C)(C)O[C@H]1C[C@H](n2ccc3c(N[C@H]4CCc5ccccc54)ncnc32)C[C@H]1/C=C/S(=O)(=O)NC(=O)O. The first-order valence-electron chi connectivity index (χ1n) is 14.0. The van der Waals surface area contributed by atoms with E-state index in [9.17, 15) is 13.2 Å². The van der Waals surface area contributed by atoms with E-state index in [1.807, 2.05) is 12.3 Å². The third-order valence-electron chi connectivity index (χ3n) is 8.86. The predicted molar refractivity (Wildman–Crippen MR) is 162 cm³/mol. The van der Waals surface area contributed by atoms with Crippen molar-refractivity contribution in [2.75, 3.05) is 5.32 Å². The summed E-state index contributed by atoms with van der Waals surface area (Å²) in [5.74, 6) is 0.580. The first-order valence-corrected chi connectivity index (χ1v) is 18.5. The molecule has 0 aliphatic heterocycles. The molecule has 10 nitrogen and oxygen atoms in total. The minimum atomic E-state index is -4.12. The Hall–Kier alpha value is -3.22. The smallest absolute Gasteiger partial charge is 0.418 e. The molecule has 220 valence electrons. The standard InChI is InChI=1S/C29H39N5O5SSi/c1-29(2,3)41(4,5)39-25-17-21(16-20(25)13-15-40(37,38)33-28(35)36)34-14-12-23-26(30-18-31-27(23)34)32-24-11-10-19-8-6-7-9-22(19)24/h6-9,12-15,18,20-21,24-25,33H,10-11,16-17H2,1-5H3,(H,35,36)(H,30,31,32)/b15-13+/t20-,21-,24+,25+/m1/s1. The highest BCUT2D eigenvalue weighted by Crippen LogP contribution is 2.45. The summed E-state index contributed by atoms with van der Waals surface area (Å²) >= 11 is 0. The Morgan fingerprint density at radius 3 is 2.66 bits per heavy atom. The Bertz CT molecular complexity index is 1580. The number of anilines is 1. The molecule has 0 bridgehead atoms. The summed E-state index contributed by atoms with van der Waals surface area (Å²) in [7, 11) is -6.30. The summed E-state index contributed by atoms with van der Waals surface area (Å²) < 4.78 is 35.0. The Balaban J connectivity index is 1.42. The Morgan fingerprint density at radius 1 is 1.17 bits per heavy atom. The molecule has 41 heavy (non-hydrogen) atoms. The summed E-state index contributed by atoms with van der Waals surface area (Å²) in [5.41, 5.74) is 3.49. The first-order chi connectivity index (χ1) is 19.2. The zero-order chi connectivity index (χ0) is 29.6. The van der Waals surface area contributed by atoms with Crippen LogP contribution in [0.4, 0.5) is 10.6 Å². The van der Waals surface area contributed by atoms with E-state index >= 15 is 0 Å². The van der Waals surface area contributed by atoms with E-state index in [0.717, 1.165) is 35.1 Å². The van der Waals surface area contributed by atoms with E-state index in [2.05, 4.69) is 78.0 Å². The van der Waals surface area contributed by atoms with Crippen molar-refractivity contribution in [1.29, 1.82) is 0 Å². The number of nitrogens with one attached hydrogen (secondary N) is 2. The summed E-state index contributed by atoms with van der Waals surface area (Å²) in [4.78, 5) is 20.2. The molecule has 1 aromatic carbocycles. The quantitative estimate of drug-likeness (QED) is 0.270. The number of carbonyl (C=O) groups is 1. The van der Waals surface area contributed by atoms with Crippen molar-refractivity contribution < 1.29 is 22.7 Å². The van der Waals surface area contributed by atoms with E-state index in [0.29, 0.717) is 12.8 Å². The van der Waals surface area contributed by atoms with Crippen molar-refractivity contribution in [2.24, 2.45) is 5.92 Å². The molecule has 1 amide bonds. The third kappa shape index (κ3) is 6.19. The average Bonchev–Trinajstić information content (AvgIpc) is 3.59. The second kappa shape index (κ2) is 10.9. The summed E-state index contributed by atoms with van der Waals surface area (Å²) in [5, 5.41) is 14.4. The van der Waals surface area contributed by atoms with Crippen LogP contribution in [-0.4, -0.2) is 48.6 Å². The van der Waals surface area contributed by atoms with Crippen LogP contribution in [0.2, 0.25) is 18.1 Å². The maximum atomic E-state index is 12.3. The molecule has 0 saturated heterocycles. The molecule has 12 heteroatoms. The zero-order valence-electron chi connectivity index (χ0n) is 24.2. The second-order valence-corrected chi connectivity index (χ2v) is 18.9. The van der Waals surface area contributed by atoms with Gasteiger partial charge >= 0.3 is 6.09 Å². The van der Waals surface area contributed by atoms with Gasteiger partial charge in [-0.05, 0) is 61.0 Å². The molecule has 4 atom stereocenters. The van der Waals surface area contributed by atoms with Gasteiger partial charge in [0.1, 0.15) is 17.8 Å². The number of fused-ring (bicyclic) bond motifs is 2. The minimum Gasteiger partial charge on any atom is -0.464 e. The predicted octanol–water partition coefficient (Wildman–Crippen LogP) is 5.98. The lowest BCUT2D eigenvalue weighted by Gasteiger charge is -2.39. The lowest BCUT2D eigenvalue weighted by molar-refractivity contribution is 0.157. The normalized spacial score (nSPS) is 23.2. The molecule has 0 unspecified atom stereocenters. The number of rotatable bonds is 8. The van der Waals surface area contributed by atoms with Gasteiger partial charge in [0.25, 0.3) is 10.0 Å². The average molecular weight is 598 g/mol. The van der Waals surface area contributed by atoms with Gasteiger partial charge in [-0.15, -0.1) is 0 Å². The van der Waals surface area contributed by atoms with E-state index < -0.39 is 24.4 Å². The number of hydrogen-bond acceptors (Lipinski definition) is 7. The molecule has 3 N–H and O–H groups in total. The fourth-order valence-corrected chi connectivity index (χ4v) is 7.84. The Morgan fingerprint density at radius 2 is 1.93 bits per heavy atom. The maximum absolute atomic E-state index is 12.3. The molecule has 2 aliphatic carbocycles. The van der Waals surface area contributed by atoms with Crippen LogP contribution in [0.25, 0.3) is 11.0 Å². The maximum Gasteiger partial charge on any atom is 0.418 e. The monoisotopic (exact) mass is 597 g/mol. The van der Waals surface area contributed by atoms with Crippen molar-refractivity contribution in [3.05, 3.63) is 65.5 Å². The van der Waals surface area contributed by atoms with Gasteiger partial charge < -0.3 is 19.4 Å². The molecule has 2 heterocycles. The van der Waals surface area contributed by atoms with Gasteiger partial charge in [0.2, 0.25) is 0 Å². The number of benzene rings is 1.